The first-order chi connectivity index (χ1) is 4.04. The van der Waals surface area contributed by atoms with Crippen molar-refractivity contribution in [1.82, 2.24) is 0 Å². The van der Waals surface area contributed by atoms with Gasteiger partial charge in [0.25, 0.3) is 0 Å². The molecule has 0 aliphatic carbocycles. The van der Waals surface area contributed by atoms with Crippen molar-refractivity contribution in [2.45, 2.75) is 20.3 Å². The van der Waals surface area contributed by atoms with E-state index < -0.39 is 0 Å². The molecule has 0 saturated heterocycles. The minimum absolute atomic E-state index is 0. The minimum atomic E-state index is 0. The number of rotatable bonds is 3. The Bertz CT molecular complexity index is 97.4. The predicted octanol–water partition coefficient (Wildman–Crippen LogP) is -1.11. The Hall–Kier alpha value is 1.31. The molecule has 0 spiro atoms. The molecule has 0 atom stereocenters. The number of hydrogen-bond acceptors (Lipinski definition) is 1. The molecule has 0 rings (SSSR count). The Morgan fingerprint density at radius 1 is 1.40 bits per heavy atom. The summed E-state index contributed by atoms with van der Waals surface area (Å²) in [6.07, 6.45) is 0.512. The van der Waals surface area contributed by atoms with Crippen LogP contribution in [0, 0.1) is 25.7 Å². The molecule has 0 aromatic rings. The quantitative estimate of drug-likeness (QED) is 0.383. The summed E-state index contributed by atoms with van der Waals surface area (Å²) in [5.74, 6) is 0.404. The second-order valence-corrected chi connectivity index (χ2v) is 2.69. The number of ketones is 1. The van der Waals surface area contributed by atoms with E-state index in [-0.39, 0.29) is 69.0 Å². The molecule has 0 amide bonds. The molecule has 0 fully saturated rings. The maximum Gasteiger partial charge on any atom is 1.00 e. The van der Waals surface area contributed by atoms with Crippen LogP contribution in [-0.2, 0) is 4.79 Å². The average molecular weight is 165 g/mol. The van der Waals surface area contributed by atoms with E-state index in [2.05, 4.69) is 13.8 Å². The molecule has 0 aliphatic heterocycles. The molecule has 0 unspecified atom stereocenters. The second-order valence-electron chi connectivity index (χ2n) is 2.69. The van der Waals surface area contributed by atoms with Gasteiger partial charge in [0.15, 0.2) is 0 Å². The fourth-order valence-electron chi connectivity index (χ4n) is 0.520. The zero-order chi connectivity index (χ0) is 7.44. The third-order valence-electron chi connectivity index (χ3n) is 1.13. The molecular formula is C8H14KO-. The van der Waals surface area contributed by atoms with Gasteiger partial charge in [0.1, 0.15) is 5.78 Å². The zero-order valence-corrected chi connectivity index (χ0v) is 10.3. The third-order valence-corrected chi connectivity index (χ3v) is 1.13. The van der Waals surface area contributed by atoms with Crippen LogP contribution in [-0.4, -0.2) is 5.78 Å². The fraction of sp³-hybridized carbons (Fsp3) is 0.625. The van der Waals surface area contributed by atoms with Gasteiger partial charge in [-0.25, -0.2) is 0 Å². The van der Waals surface area contributed by atoms with Crippen LogP contribution in [0.2, 0.25) is 0 Å². The van der Waals surface area contributed by atoms with Gasteiger partial charge in [-0.15, -0.1) is 0 Å². The van der Waals surface area contributed by atoms with Gasteiger partial charge >= 0.3 is 51.4 Å². The molecule has 10 heavy (non-hydrogen) atoms. The normalized spacial score (nSPS) is 9.80. The van der Waals surface area contributed by atoms with Gasteiger partial charge in [-0.1, -0.05) is 13.8 Å². The fourth-order valence-corrected chi connectivity index (χ4v) is 0.520. The van der Waals surface area contributed by atoms with Crippen molar-refractivity contribution in [2.75, 3.05) is 0 Å². The van der Waals surface area contributed by atoms with Crippen molar-refractivity contribution >= 4 is 5.78 Å². The molecule has 54 valence electrons. The van der Waals surface area contributed by atoms with Crippen LogP contribution in [0.4, 0.5) is 0 Å². The van der Waals surface area contributed by atoms with E-state index in [1.54, 1.807) is 0 Å². The Labute approximate surface area is 106 Å². The Morgan fingerprint density at radius 2 is 1.80 bits per heavy atom. The monoisotopic (exact) mass is 165 g/mol. The summed E-state index contributed by atoms with van der Waals surface area (Å²) in [5, 5.41) is 0. The first-order valence-corrected chi connectivity index (χ1v) is 3.23. The number of carbonyl (C=O) groups is 1. The van der Waals surface area contributed by atoms with Gasteiger partial charge in [0.2, 0.25) is 0 Å². The maximum absolute atomic E-state index is 10.9. The van der Waals surface area contributed by atoms with Crippen LogP contribution < -0.4 is 51.4 Å². The van der Waals surface area contributed by atoms with E-state index in [9.17, 15) is 4.79 Å². The summed E-state index contributed by atoms with van der Waals surface area (Å²) in [7, 11) is 0. The van der Waals surface area contributed by atoms with Gasteiger partial charge in [-0.05, 0) is 6.42 Å². The summed E-state index contributed by atoms with van der Waals surface area (Å²) in [5.41, 5.74) is 0. The summed E-state index contributed by atoms with van der Waals surface area (Å²) < 4.78 is 0. The number of hydrogen-bond donors (Lipinski definition) is 0. The van der Waals surface area contributed by atoms with E-state index in [1.165, 1.54) is 0 Å². The standard InChI is InChI=1S/C8H14O.K/c1-6(2)5-8(9)7(3)4;/h6-7H,1-2,5H2,3-4H3;/q-2;+1. The Kier molecular flexibility index (Phi) is 9.68. The molecule has 0 aromatic carbocycles. The number of carbonyl (C=O) groups excluding carboxylic acids is 1. The van der Waals surface area contributed by atoms with Crippen molar-refractivity contribution in [3.8, 4) is 0 Å². The van der Waals surface area contributed by atoms with E-state index in [1.807, 2.05) is 13.8 Å². The topological polar surface area (TPSA) is 17.1 Å². The van der Waals surface area contributed by atoms with Crippen molar-refractivity contribution in [1.29, 1.82) is 0 Å². The maximum atomic E-state index is 10.9. The molecule has 0 bridgehead atoms. The largest absolute Gasteiger partial charge is 1.00 e. The van der Waals surface area contributed by atoms with Gasteiger partial charge in [-0.3, -0.25) is 10.7 Å². The summed E-state index contributed by atoms with van der Waals surface area (Å²) in [4.78, 5) is 10.9. The third kappa shape index (κ3) is 7.41. The average Bonchev–Trinajstić information content (AvgIpc) is 1.63. The molecule has 0 aromatic heterocycles. The summed E-state index contributed by atoms with van der Waals surface area (Å²) in [6.45, 7) is 11.0. The van der Waals surface area contributed by atoms with Crippen LogP contribution in [0.15, 0.2) is 0 Å². The van der Waals surface area contributed by atoms with Crippen molar-refractivity contribution < 1.29 is 56.2 Å². The molecule has 0 N–H and O–H groups in total. The van der Waals surface area contributed by atoms with E-state index >= 15 is 0 Å². The van der Waals surface area contributed by atoms with Crippen molar-refractivity contribution in [2.24, 2.45) is 11.8 Å². The smallest absolute Gasteiger partial charge is 0.369 e. The van der Waals surface area contributed by atoms with Crippen LogP contribution in [0.5, 0.6) is 0 Å². The van der Waals surface area contributed by atoms with Crippen molar-refractivity contribution in [3.05, 3.63) is 13.8 Å². The van der Waals surface area contributed by atoms with E-state index in [4.69, 9.17) is 0 Å². The first-order valence-electron chi connectivity index (χ1n) is 3.23. The molecule has 2 heteroatoms. The Balaban J connectivity index is 0. The van der Waals surface area contributed by atoms with Gasteiger partial charge in [0.05, 0.1) is 0 Å². The van der Waals surface area contributed by atoms with E-state index in [0.717, 1.165) is 0 Å². The Morgan fingerprint density at radius 3 is 1.90 bits per heavy atom. The first kappa shape index (κ1) is 13.9. The zero-order valence-electron chi connectivity index (χ0n) is 7.18. The molecule has 0 aliphatic rings. The van der Waals surface area contributed by atoms with Crippen LogP contribution in [0.3, 0.4) is 0 Å². The molecule has 0 saturated carbocycles. The van der Waals surface area contributed by atoms with Gasteiger partial charge in [-0.2, -0.15) is 0 Å². The van der Waals surface area contributed by atoms with Crippen LogP contribution in [0.25, 0.3) is 0 Å². The van der Waals surface area contributed by atoms with Crippen LogP contribution in [0.1, 0.15) is 20.3 Å². The molecule has 0 radical (unpaired) electrons. The van der Waals surface area contributed by atoms with Crippen molar-refractivity contribution in [3.63, 3.8) is 0 Å². The second kappa shape index (κ2) is 6.98. The molecule has 0 heterocycles. The summed E-state index contributed by atoms with van der Waals surface area (Å²) in [6, 6.07) is 0. The van der Waals surface area contributed by atoms with Crippen LogP contribution >= 0.6 is 0 Å². The number of Topliss-reactive ketones (excluding diaryl/α,β-unsaturated/α-hetero) is 1. The van der Waals surface area contributed by atoms with Gasteiger partial charge < -0.3 is 13.8 Å². The minimum Gasteiger partial charge on any atom is -0.369 e. The molecular weight excluding hydrogens is 151 g/mol. The predicted molar refractivity (Wildman–Crippen MR) is 38.7 cm³/mol. The summed E-state index contributed by atoms with van der Waals surface area (Å²) >= 11 is 0. The molecule has 1 nitrogen and oxygen atoms in total. The van der Waals surface area contributed by atoms with E-state index in [0.29, 0.717) is 6.42 Å². The SMILES string of the molecule is [CH2-]C([CH2-])CC(=O)C(C)C.[K+]. The van der Waals surface area contributed by atoms with Gasteiger partial charge in [0, 0.05) is 5.92 Å².